The van der Waals surface area contributed by atoms with Crippen LogP contribution in [0, 0.1) is 0 Å². The van der Waals surface area contributed by atoms with Crippen molar-refractivity contribution in [3.8, 4) is 0 Å². The molecule has 0 radical (unpaired) electrons. The average Bonchev–Trinajstić information content (AvgIpc) is 1.89. The molecular weight excluding hydrogens is 142 g/mol. The molecule has 0 aromatic rings. The third kappa shape index (κ3) is 6.17. The van der Waals surface area contributed by atoms with E-state index in [4.69, 9.17) is 0 Å². The molecule has 0 amide bonds. The van der Waals surface area contributed by atoms with Crippen LogP contribution < -0.4 is 5.32 Å². The van der Waals surface area contributed by atoms with Gasteiger partial charge in [-0.25, -0.2) is 0 Å². The van der Waals surface area contributed by atoms with Gasteiger partial charge in [-0.3, -0.25) is 0 Å². The average molecular weight is 159 g/mol. The maximum Gasteiger partial charge on any atom is 0.00734 e. The number of nitrogens with one attached hydrogen (secondary N) is 1. The lowest BCUT2D eigenvalue weighted by Gasteiger charge is -2.09. The first-order valence-electron chi connectivity index (χ1n) is 3.64. The molecule has 2 heteroatoms. The monoisotopic (exact) mass is 159 g/mol. The number of hydrogen-bond donors (Lipinski definition) is 1. The Morgan fingerprint density at radius 3 is 2.90 bits per heavy atom. The van der Waals surface area contributed by atoms with Crippen LogP contribution in [0.25, 0.3) is 0 Å². The topological polar surface area (TPSA) is 12.0 Å². The summed E-state index contributed by atoms with van der Waals surface area (Å²) in [5.41, 5.74) is 0. The maximum absolute atomic E-state index is 3.68. The van der Waals surface area contributed by atoms with Crippen molar-refractivity contribution in [1.82, 2.24) is 5.32 Å². The van der Waals surface area contributed by atoms with Gasteiger partial charge in [0.1, 0.15) is 0 Å². The predicted molar refractivity (Wildman–Crippen MR) is 50.7 cm³/mol. The Kier molecular flexibility index (Phi) is 7.20. The molecule has 10 heavy (non-hydrogen) atoms. The van der Waals surface area contributed by atoms with Crippen molar-refractivity contribution in [2.75, 3.05) is 18.6 Å². The van der Waals surface area contributed by atoms with E-state index in [2.05, 4.69) is 25.1 Å². The largest absolute Gasteiger partial charge is 0.313 e. The van der Waals surface area contributed by atoms with Crippen molar-refractivity contribution in [2.24, 2.45) is 0 Å². The minimum atomic E-state index is 0.588. The summed E-state index contributed by atoms with van der Waals surface area (Å²) in [5.74, 6) is 1.20. The van der Waals surface area contributed by atoms with Crippen molar-refractivity contribution in [1.29, 1.82) is 0 Å². The van der Waals surface area contributed by atoms with Crippen LogP contribution in [-0.2, 0) is 0 Å². The molecule has 0 fully saturated rings. The lowest BCUT2D eigenvalue weighted by atomic mass is 10.2. The molecule has 0 saturated carbocycles. The van der Waals surface area contributed by atoms with E-state index in [1.165, 1.54) is 5.75 Å². The second-order valence-electron chi connectivity index (χ2n) is 2.37. The number of thioether (sulfide) groups is 1. The highest BCUT2D eigenvalue weighted by molar-refractivity contribution is 7.98. The van der Waals surface area contributed by atoms with E-state index in [-0.39, 0.29) is 0 Å². The Morgan fingerprint density at radius 2 is 2.40 bits per heavy atom. The molecule has 60 valence electrons. The Hall–Kier alpha value is 0.0500. The van der Waals surface area contributed by atoms with Gasteiger partial charge in [-0.1, -0.05) is 6.08 Å². The maximum atomic E-state index is 3.68. The van der Waals surface area contributed by atoms with Crippen LogP contribution in [0.15, 0.2) is 12.7 Å². The van der Waals surface area contributed by atoms with E-state index in [1.807, 2.05) is 17.8 Å². The van der Waals surface area contributed by atoms with Gasteiger partial charge in [-0.15, -0.1) is 6.58 Å². The van der Waals surface area contributed by atoms with E-state index in [0.717, 1.165) is 13.0 Å². The fourth-order valence-corrected chi connectivity index (χ4v) is 1.06. The van der Waals surface area contributed by atoms with Gasteiger partial charge in [0, 0.05) is 18.3 Å². The van der Waals surface area contributed by atoms with Crippen LogP contribution in [0.2, 0.25) is 0 Å². The van der Waals surface area contributed by atoms with Gasteiger partial charge in [0.2, 0.25) is 0 Å². The Morgan fingerprint density at radius 1 is 1.70 bits per heavy atom. The summed E-state index contributed by atoms with van der Waals surface area (Å²) < 4.78 is 0. The van der Waals surface area contributed by atoms with Gasteiger partial charge >= 0.3 is 0 Å². The molecule has 1 atom stereocenters. The molecule has 1 N–H and O–H groups in total. The molecule has 1 nitrogen and oxygen atoms in total. The highest BCUT2D eigenvalue weighted by Crippen LogP contribution is 1.92. The van der Waals surface area contributed by atoms with Crippen LogP contribution in [0.4, 0.5) is 0 Å². The summed E-state index contributed by atoms with van der Waals surface area (Å²) >= 11 is 1.87. The Balaban J connectivity index is 3.04. The van der Waals surface area contributed by atoms with Gasteiger partial charge in [0.05, 0.1) is 0 Å². The lowest BCUT2D eigenvalue weighted by Crippen LogP contribution is -2.27. The lowest BCUT2D eigenvalue weighted by molar-refractivity contribution is 0.577. The quantitative estimate of drug-likeness (QED) is 0.469. The van der Waals surface area contributed by atoms with Crippen molar-refractivity contribution >= 4 is 11.8 Å². The normalized spacial score (nSPS) is 13.0. The first kappa shape index (κ1) is 10.0. The first-order valence-corrected chi connectivity index (χ1v) is 5.04. The second kappa shape index (κ2) is 7.16. The van der Waals surface area contributed by atoms with Crippen LogP contribution in [-0.4, -0.2) is 24.6 Å². The summed E-state index contributed by atoms with van der Waals surface area (Å²) in [6, 6.07) is 0.588. The van der Waals surface area contributed by atoms with E-state index in [0.29, 0.717) is 6.04 Å². The molecule has 0 aromatic carbocycles. The summed E-state index contributed by atoms with van der Waals surface area (Å²) in [5, 5.41) is 3.39. The van der Waals surface area contributed by atoms with Crippen LogP contribution in [0.3, 0.4) is 0 Å². The van der Waals surface area contributed by atoms with E-state index in [1.54, 1.807) is 0 Å². The van der Waals surface area contributed by atoms with Crippen LogP contribution in [0.1, 0.15) is 13.3 Å². The molecule has 0 heterocycles. The molecule has 0 bridgehead atoms. The molecule has 0 rings (SSSR count). The molecular formula is C8H17NS. The molecule has 0 aromatic heterocycles. The summed E-state index contributed by atoms with van der Waals surface area (Å²) in [7, 11) is 0. The van der Waals surface area contributed by atoms with Crippen molar-refractivity contribution in [3.63, 3.8) is 0 Å². The zero-order valence-corrected chi connectivity index (χ0v) is 7.71. The van der Waals surface area contributed by atoms with Gasteiger partial charge < -0.3 is 5.32 Å². The third-order valence-corrected chi connectivity index (χ3v) is 1.93. The van der Waals surface area contributed by atoms with Gasteiger partial charge in [0.25, 0.3) is 0 Å². The van der Waals surface area contributed by atoms with E-state index >= 15 is 0 Å². The Labute approximate surface area is 68.3 Å². The van der Waals surface area contributed by atoms with Crippen LogP contribution >= 0.6 is 11.8 Å². The fourth-order valence-electron chi connectivity index (χ4n) is 0.741. The van der Waals surface area contributed by atoms with E-state index < -0.39 is 0 Å². The number of hydrogen-bond acceptors (Lipinski definition) is 2. The second-order valence-corrected chi connectivity index (χ2v) is 3.36. The van der Waals surface area contributed by atoms with E-state index in [9.17, 15) is 0 Å². The van der Waals surface area contributed by atoms with Gasteiger partial charge in [0.15, 0.2) is 0 Å². The fraction of sp³-hybridized carbons (Fsp3) is 0.750. The SMILES string of the molecule is C=CCC(C)NCCSC. The Bertz CT molecular complexity index is 83.3. The summed E-state index contributed by atoms with van der Waals surface area (Å²) in [6.07, 6.45) is 5.14. The first-order chi connectivity index (χ1) is 4.81. The smallest absolute Gasteiger partial charge is 0.00734 e. The van der Waals surface area contributed by atoms with Crippen LogP contribution in [0.5, 0.6) is 0 Å². The molecule has 0 aliphatic carbocycles. The molecule has 0 aliphatic heterocycles. The minimum Gasteiger partial charge on any atom is -0.313 e. The predicted octanol–water partition coefficient (Wildman–Crippen LogP) is 1.90. The number of rotatable bonds is 6. The molecule has 0 saturated heterocycles. The minimum absolute atomic E-state index is 0.588. The zero-order valence-electron chi connectivity index (χ0n) is 6.89. The van der Waals surface area contributed by atoms with Crippen molar-refractivity contribution in [3.05, 3.63) is 12.7 Å². The zero-order chi connectivity index (χ0) is 7.82. The molecule has 0 spiro atoms. The summed E-state index contributed by atoms with van der Waals surface area (Å²) in [6.45, 7) is 6.97. The molecule has 0 aliphatic rings. The van der Waals surface area contributed by atoms with Gasteiger partial charge in [-0.05, 0) is 19.6 Å². The van der Waals surface area contributed by atoms with Crippen molar-refractivity contribution < 1.29 is 0 Å². The highest BCUT2D eigenvalue weighted by Gasteiger charge is 1.94. The van der Waals surface area contributed by atoms with Gasteiger partial charge in [-0.2, -0.15) is 11.8 Å². The molecule has 1 unspecified atom stereocenters. The highest BCUT2D eigenvalue weighted by atomic mass is 32.2. The van der Waals surface area contributed by atoms with Crippen molar-refractivity contribution in [2.45, 2.75) is 19.4 Å². The third-order valence-electron chi connectivity index (χ3n) is 1.32. The summed E-state index contributed by atoms with van der Waals surface area (Å²) in [4.78, 5) is 0. The standard InChI is InChI=1S/C8H17NS/c1-4-5-8(2)9-6-7-10-3/h4,8-9H,1,5-7H2,2-3H3.